The van der Waals surface area contributed by atoms with Gasteiger partial charge in [-0.1, -0.05) is 6.42 Å². The lowest BCUT2D eigenvalue weighted by Gasteiger charge is -1.72. The quantitative estimate of drug-likeness (QED) is 0.264. The number of hydrogen-bond acceptors (Lipinski definition) is 0. The van der Waals surface area contributed by atoms with Gasteiger partial charge in [0.25, 0.3) is 5.57 Å². The fourth-order valence-corrected chi connectivity index (χ4v) is 0.165. The van der Waals surface area contributed by atoms with Crippen molar-refractivity contribution in [2.75, 3.05) is 0 Å². The van der Waals surface area contributed by atoms with Crippen LogP contribution in [0.25, 0.3) is 0 Å². The van der Waals surface area contributed by atoms with Crippen molar-refractivity contribution in [3.05, 3.63) is 24.3 Å². The summed E-state index contributed by atoms with van der Waals surface area (Å²) in [4.78, 5) is 0. The van der Waals surface area contributed by atoms with Crippen LogP contribution >= 0.6 is 0 Å². The summed E-state index contributed by atoms with van der Waals surface area (Å²) in [5.41, 5.74) is 0.597. The molecule has 0 rings (SSSR count). The van der Waals surface area contributed by atoms with Crippen molar-refractivity contribution in [2.24, 2.45) is 0 Å². The molecule has 0 aromatic carbocycles. The smallest absolute Gasteiger partial charge is 0.0996 e. The molecule has 8 heavy (non-hydrogen) atoms. The predicted molar refractivity (Wildman–Crippen MR) is 34.6 cm³/mol. The van der Waals surface area contributed by atoms with E-state index in [0.717, 1.165) is 0 Å². The summed E-state index contributed by atoms with van der Waals surface area (Å²) in [6, 6.07) is 0. The van der Waals surface area contributed by atoms with Crippen molar-refractivity contribution in [1.82, 2.24) is 0 Å². The molecule has 0 N–H and O–H groups in total. The van der Waals surface area contributed by atoms with Crippen LogP contribution in [0.1, 0.15) is 0 Å². The van der Waals surface area contributed by atoms with Crippen LogP contribution in [0.3, 0.4) is 0 Å². The van der Waals surface area contributed by atoms with Gasteiger partial charge >= 0.3 is 0 Å². The lowest BCUT2D eigenvalue weighted by molar-refractivity contribution is 1.72. The van der Waals surface area contributed by atoms with Crippen molar-refractivity contribution < 1.29 is 0 Å². The number of allylic oxidation sites excluding steroid dienone is 2. The molecule has 0 nitrogen and oxygen atoms in total. The van der Waals surface area contributed by atoms with Crippen molar-refractivity contribution >= 4 is 0 Å². The van der Waals surface area contributed by atoms with Gasteiger partial charge in [-0.15, -0.1) is 0 Å². The minimum Gasteiger partial charge on any atom is -0.0996 e. The molecule has 0 bridgehead atoms. The van der Waals surface area contributed by atoms with Gasteiger partial charge in [0.05, 0.1) is 0 Å². The molecule has 0 aliphatic heterocycles. The van der Waals surface area contributed by atoms with Gasteiger partial charge in [-0.05, 0) is 13.0 Å². The van der Waals surface area contributed by atoms with E-state index < -0.39 is 0 Å². The van der Waals surface area contributed by atoms with E-state index >= 15 is 0 Å². The second-order valence-corrected chi connectivity index (χ2v) is 1.18. The summed E-state index contributed by atoms with van der Waals surface area (Å²) < 4.78 is 0. The topological polar surface area (TPSA) is 0 Å². The molecular weight excluding hydrogens is 96.1 g/mol. The molecule has 0 fully saturated rings. The van der Waals surface area contributed by atoms with Crippen LogP contribution in [0.15, 0.2) is 17.7 Å². The standard InChI is InChI=1S/C8H5/c1-5-7(3)8(4)6-2/h1-3H,4H2/q+1. The Kier molecular flexibility index (Phi) is 2.15. The largest absolute Gasteiger partial charge is 0.258 e. The third-order valence-electron chi connectivity index (χ3n) is 0.655. The van der Waals surface area contributed by atoms with E-state index in [1.54, 1.807) is 0 Å². The van der Waals surface area contributed by atoms with Gasteiger partial charge in [-0.3, -0.25) is 0 Å². The van der Waals surface area contributed by atoms with E-state index in [9.17, 15) is 0 Å². The Balaban J connectivity index is 4.16. The highest BCUT2D eigenvalue weighted by molar-refractivity contribution is 5.48. The minimum atomic E-state index is 0.229. The molecule has 0 aliphatic rings. The molecule has 0 atom stereocenters. The average molecular weight is 101 g/mol. The molecule has 0 amide bonds. The molecule has 0 aromatic heterocycles. The van der Waals surface area contributed by atoms with Crippen LogP contribution in [0, 0.1) is 31.3 Å². The van der Waals surface area contributed by atoms with Crippen LogP contribution in [0.5, 0.6) is 0 Å². The molecule has 0 radical (unpaired) electrons. The average Bonchev–Trinajstić information content (AvgIpc) is 1.84. The van der Waals surface area contributed by atoms with Gasteiger partial charge in [-0.25, -0.2) is 0 Å². The Labute approximate surface area is 49.9 Å². The van der Waals surface area contributed by atoms with Crippen LogP contribution < -0.4 is 0 Å². The Morgan fingerprint density at radius 3 is 2.00 bits per heavy atom. The molecule has 0 aliphatic carbocycles. The first kappa shape index (κ1) is 6.51. The second kappa shape index (κ2) is 2.64. The number of terminal acetylenes is 2. The van der Waals surface area contributed by atoms with Crippen LogP contribution in [-0.4, -0.2) is 0 Å². The SMILES string of the molecule is C#CC(=[CH+])C(=C)C#C. The van der Waals surface area contributed by atoms with E-state index in [0.29, 0.717) is 5.57 Å². The molecule has 0 spiro atoms. The van der Waals surface area contributed by atoms with Gasteiger partial charge < -0.3 is 0 Å². The van der Waals surface area contributed by atoms with Crippen molar-refractivity contribution in [3.63, 3.8) is 0 Å². The van der Waals surface area contributed by atoms with Crippen molar-refractivity contribution in [1.29, 1.82) is 0 Å². The van der Waals surface area contributed by atoms with Gasteiger partial charge in [0.15, 0.2) is 0 Å². The van der Waals surface area contributed by atoms with E-state index in [-0.39, 0.29) is 5.57 Å². The lowest BCUT2D eigenvalue weighted by atomic mass is 10.1. The zero-order chi connectivity index (χ0) is 6.57. The van der Waals surface area contributed by atoms with Crippen LogP contribution in [-0.2, 0) is 0 Å². The first-order valence-corrected chi connectivity index (χ1v) is 1.97. The Bertz CT molecular complexity index is 169. The van der Waals surface area contributed by atoms with Crippen LogP contribution in [0.4, 0.5) is 0 Å². The first-order valence-electron chi connectivity index (χ1n) is 1.97. The summed E-state index contributed by atoms with van der Waals surface area (Å²) >= 11 is 0. The molecule has 0 saturated carbocycles. The van der Waals surface area contributed by atoms with Gasteiger partial charge in [0.1, 0.15) is 11.5 Å². The Morgan fingerprint density at radius 2 is 1.88 bits per heavy atom. The normalized spacial score (nSPS) is 6.12. The zero-order valence-corrected chi connectivity index (χ0v) is 4.44. The van der Waals surface area contributed by atoms with Gasteiger partial charge in [0, 0.05) is 12.5 Å². The summed E-state index contributed by atoms with van der Waals surface area (Å²) in [6.45, 7) is 8.57. The molecular formula is C8H5+. The molecule has 0 heterocycles. The maximum atomic E-state index is 5.17. The minimum absolute atomic E-state index is 0.229. The maximum absolute atomic E-state index is 5.17. The number of hydrogen-bond donors (Lipinski definition) is 0. The Hall–Kier alpha value is -1.49. The second-order valence-electron chi connectivity index (χ2n) is 1.18. The van der Waals surface area contributed by atoms with E-state index in [2.05, 4.69) is 18.4 Å². The van der Waals surface area contributed by atoms with E-state index in [4.69, 9.17) is 19.4 Å². The first-order chi connectivity index (χ1) is 3.72. The molecule has 0 saturated heterocycles. The van der Waals surface area contributed by atoms with Crippen molar-refractivity contribution in [3.8, 4) is 24.7 Å². The summed E-state index contributed by atoms with van der Waals surface area (Å²) in [7, 11) is 0. The predicted octanol–water partition coefficient (Wildman–Crippen LogP) is 1.17. The summed E-state index contributed by atoms with van der Waals surface area (Å²) in [6.07, 6.45) is 9.78. The fourth-order valence-electron chi connectivity index (χ4n) is 0.165. The summed E-state index contributed by atoms with van der Waals surface area (Å²) in [5, 5.41) is 0. The maximum Gasteiger partial charge on any atom is 0.258 e. The lowest BCUT2D eigenvalue weighted by Crippen LogP contribution is -1.75. The highest BCUT2D eigenvalue weighted by atomic mass is 13.9. The van der Waals surface area contributed by atoms with Crippen LogP contribution in [0.2, 0.25) is 0 Å². The summed E-state index contributed by atoms with van der Waals surface area (Å²) in [5.74, 6) is 4.38. The third kappa shape index (κ3) is 1.31. The Morgan fingerprint density at radius 1 is 1.38 bits per heavy atom. The zero-order valence-electron chi connectivity index (χ0n) is 4.44. The van der Waals surface area contributed by atoms with Crippen molar-refractivity contribution in [2.45, 2.75) is 0 Å². The monoisotopic (exact) mass is 101 g/mol. The number of rotatable bonds is 1. The third-order valence-corrected chi connectivity index (χ3v) is 0.655. The highest BCUT2D eigenvalue weighted by Gasteiger charge is 2.01. The van der Waals surface area contributed by atoms with Gasteiger partial charge in [-0.2, -0.15) is 0 Å². The van der Waals surface area contributed by atoms with E-state index in [1.165, 1.54) is 0 Å². The molecule has 36 valence electrons. The van der Waals surface area contributed by atoms with Gasteiger partial charge in [0.2, 0.25) is 0 Å². The van der Waals surface area contributed by atoms with E-state index in [1.807, 2.05) is 0 Å². The highest BCUT2D eigenvalue weighted by Crippen LogP contribution is 1.98. The fraction of sp³-hybridized carbons (Fsp3) is 0. The molecule has 0 aromatic rings. The molecule has 0 unspecified atom stereocenters. The molecule has 0 heteroatoms.